The zero-order valence-corrected chi connectivity index (χ0v) is 12.7. The lowest BCUT2D eigenvalue weighted by Crippen LogP contribution is -2.36. The first kappa shape index (κ1) is 14.6. The van der Waals surface area contributed by atoms with E-state index in [0.29, 0.717) is 31.0 Å². The van der Waals surface area contributed by atoms with E-state index >= 15 is 0 Å². The Balaban J connectivity index is 1.77. The Kier molecular flexibility index (Phi) is 3.82. The van der Waals surface area contributed by atoms with Crippen LogP contribution in [0.15, 0.2) is 9.32 Å². The molecule has 3 rings (SSSR count). The number of carbonyl (C=O) groups is 1. The fourth-order valence-electron chi connectivity index (χ4n) is 2.88. The second-order valence-electron chi connectivity index (χ2n) is 5.60. The van der Waals surface area contributed by atoms with Crippen LogP contribution in [-0.2, 0) is 17.8 Å². The van der Waals surface area contributed by atoms with Gasteiger partial charge in [0, 0.05) is 18.5 Å². The molecule has 118 valence electrons. The highest BCUT2D eigenvalue weighted by Gasteiger charge is 2.27. The minimum Gasteiger partial charge on any atom is -0.361 e. The lowest BCUT2D eigenvalue weighted by molar-refractivity contribution is -0.124. The SMILES string of the molecule is Cc1noc(C)c1CNC(=O)C1CCCCc2n[nH]c(=O)n21. The van der Waals surface area contributed by atoms with Crippen molar-refractivity contribution in [3.63, 3.8) is 0 Å². The predicted molar refractivity (Wildman–Crippen MR) is 77.3 cm³/mol. The van der Waals surface area contributed by atoms with Crippen LogP contribution in [-0.4, -0.2) is 25.8 Å². The Morgan fingerprint density at radius 3 is 3.00 bits per heavy atom. The summed E-state index contributed by atoms with van der Waals surface area (Å²) in [5.41, 5.74) is 1.32. The van der Waals surface area contributed by atoms with Crippen LogP contribution in [0, 0.1) is 13.8 Å². The molecule has 0 aromatic carbocycles. The van der Waals surface area contributed by atoms with Gasteiger partial charge in [0.25, 0.3) is 0 Å². The Morgan fingerprint density at radius 2 is 2.27 bits per heavy atom. The van der Waals surface area contributed by atoms with Crippen LogP contribution >= 0.6 is 0 Å². The summed E-state index contributed by atoms with van der Waals surface area (Å²) in [4.78, 5) is 24.4. The van der Waals surface area contributed by atoms with Crippen LogP contribution in [0.5, 0.6) is 0 Å². The molecule has 2 aromatic rings. The van der Waals surface area contributed by atoms with Gasteiger partial charge in [0.05, 0.1) is 5.69 Å². The maximum atomic E-state index is 12.5. The highest BCUT2D eigenvalue weighted by molar-refractivity contribution is 5.80. The molecular weight excluding hydrogens is 286 g/mol. The summed E-state index contributed by atoms with van der Waals surface area (Å²) < 4.78 is 6.57. The first-order valence-electron chi connectivity index (χ1n) is 7.43. The standard InChI is InChI=1S/C14H19N5O3/c1-8-10(9(2)22-18-8)7-15-13(20)11-5-3-4-6-12-16-17-14(21)19(11)12/h11H,3-7H2,1-2H3,(H,15,20)(H,17,21). The molecule has 22 heavy (non-hydrogen) atoms. The molecule has 8 nitrogen and oxygen atoms in total. The summed E-state index contributed by atoms with van der Waals surface area (Å²) in [5.74, 6) is 1.17. The van der Waals surface area contributed by atoms with Crippen molar-refractivity contribution in [1.82, 2.24) is 25.2 Å². The topological polar surface area (TPSA) is 106 Å². The van der Waals surface area contributed by atoms with Gasteiger partial charge in [-0.3, -0.25) is 9.36 Å². The number of rotatable bonds is 3. The van der Waals surface area contributed by atoms with Crippen LogP contribution in [0.1, 0.15) is 48.1 Å². The van der Waals surface area contributed by atoms with E-state index in [4.69, 9.17) is 4.52 Å². The highest BCUT2D eigenvalue weighted by atomic mass is 16.5. The Labute approximate surface area is 126 Å². The van der Waals surface area contributed by atoms with E-state index in [9.17, 15) is 9.59 Å². The number of aromatic nitrogens is 4. The molecule has 1 atom stereocenters. The number of nitrogens with zero attached hydrogens (tertiary/aromatic N) is 3. The molecule has 0 aliphatic carbocycles. The fraction of sp³-hybridized carbons (Fsp3) is 0.571. The largest absolute Gasteiger partial charge is 0.361 e. The molecule has 0 spiro atoms. The van der Waals surface area contributed by atoms with Crippen LogP contribution in [0.4, 0.5) is 0 Å². The lowest BCUT2D eigenvalue weighted by Gasteiger charge is -2.16. The summed E-state index contributed by atoms with van der Waals surface area (Å²) in [6.07, 6.45) is 3.18. The Morgan fingerprint density at radius 1 is 1.45 bits per heavy atom. The summed E-state index contributed by atoms with van der Waals surface area (Å²) in [6, 6.07) is -0.510. The van der Waals surface area contributed by atoms with Crippen molar-refractivity contribution in [2.24, 2.45) is 0 Å². The number of aryl methyl sites for hydroxylation is 3. The average molecular weight is 305 g/mol. The summed E-state index contributed by atoms with van der Waals surface area (Å²) >= 11 is 0. The first-order chi connectivity index (χ1) is 10.6. The van der Waals surface area contributed by atoms with E-state index < -0.39 is 6.04 Å². The first-order valence-corrected chi connectivity index (χ1v) is 7.43. The third-order valence-corrected chi connectivity index (χ3v) is 4.14. The van der Waals surface area contributed by atoms with Gasteiger partial charge in [-0.1, -0.05) is 11.6 Å². The van der Waals surface area contributed by atoms with E-state index in [1.165, 1.54) is 4.57 Å². The molecule has 0 fully saturated rings. The number of H-pyrrole nitrogens is 1. The Hall–Kier alpha value is -2.38. The number of aromatic amines is 1. The van der Waals surface area contributed by atoms with Crippen molar-refractivity contribution in [1.29, 1.82) is 0 Å². The van der Waals surface area contributed by atoms with E-state index in [1.54, 1.807) is 0 Å². The summed E-state index contributed by atoms with van der Waals surface area (Å²) in [6.45, 7) is 3.99. The molecule has 0 saturated heterocycles. The van der Waals surface area contributed by atoms with Crippen LogP contribution in [0.25, 0.3) is 0 Å². The molecule has 1 unspecified atom stereocenters. The van der Waals surface area contributed by atoms with Crippen molar-refractivity contribution in [3.8, 4) is 0 Å². The number of fused-ring (bicyclic) bond motifs is 1. The number of carbonyl (C=O) groups excluding carboxylic acids is 1. The van der Waals surface area contributed by atoms with Crippen molar-refractivity contribution < 1.29 is 9.32 Å². The molecule has 1 amide bonds. The van der Waals surface area contributed by atoms with Gasteiger partial charge in [0.15, 0.2) is 0 Å². The number of amides is 1. The third-order valence-electron chi connectivity index (χ3n) is 4.14. The summed E-state index contributed by atoms with van der Waals surface area (Å²) in [7, 11) is 0. The Bertz CT molecular complexity index is 722. The maximum Gasteiger partial charge on any atom is 0.344 e. The summed E-state index contributed by atoms with van der Waals surface area (Å²) in [5, 5.41) is 13.2. The third kappa shape index (κ3) is 2.56. The molecule has 8 heteroatoms. The molecule has 0 bridgehead atoms. The minimum absolute atomic E-state index is 0.174. The van der Waals surface area contributed by atoms with Gasteiger partial charge in [0.2, 0.25) is 5.91 Å². The fourth-order valence-corrected chi connectivity index (χ4v) is 2.88. The smallest absolute Gasteiger partial charge is 0.344 e. The molecule has 1 aliphatic rings. The van der Waals surface area contributed by atoms with Crippen molar-refractivity contribution in [2.45, 2.75) is 52.1 Å². The maximum absolute atomic E-state index is 12.5. The number of nitrogens with one attached hydrogen (secondary N) is 2. The van der Waals surface area contributed by atoms with Gasteiger partial charge in [-0.25, -0.2) is 9.89 Å². The highest BCUT2D eigenvalue weighted by Crippen LogP contribution is 2.21. The lowest BCUT2D eigenvalue weighted by atomic mass is 10.1. The molecule has 3 heterocycles. The zero-order valence-electron chi connectivity index (χ0n) is 12.7. The van der Waals surface area contributed by atoms with Crippen molar-refractivity contribution >= 4 is 5.91 Å². The average Bonchev–Trinajstić information content (AvgIpc) is 2.92. The van der Waals surface area contributed by atoms with Crippen LogP contribution in [0.2, 0.25) is 0 Å². The van der Waals surface area contributed by atoms with Crippen molar-refractivity contribution in [2.75, 3.05) is 0 Å². The second kappa shape index (κ2) is 5.78. The van der Waals surface area contributed by atoms with Gasteiger partial charge < -0.3 is 9.84 Å². The van der Waals surface area contributed by atoms with Gasteiger partial charge >= 0.3 is 5.69 Å². The van der Waals surface area contributed by atoms with E-state index in [0.717, 1.165) is 24.1 Å². The normalized spacial score (nSPS) is 17.8. The predicted octanol–water partition coefficient (Wildman–Crippen LogP) is 0.760. The van der Waals surface area contributed by atoms with Gasteiger partial charge in [-0.05, 0) is 26.7 Å². The molecular formula is C14H19N5O3. The molecule has 0 saturated carbocycles. The molecule has 2 N–H and O–H groups in total. The van der Waals surface area contributed by atoms with Crippen LogP contribution in [0.3, 0.4) is 0 Å². The van der Waals surface area contributed by atoms with Crippen LogP contribution < -0.4 is 11.0 Å². The minimum atomic E-state index is -0.510. The quantitative estimate of drug-likeness (QED) is 0.871. The monoisotopic (exact) mass is 305 g/mol. The second-order valence-corrected chi connectivity index (χ2v) is 5.60. The number of hydrogen-bond acceptors (Lipinski definition) is 5. The van der Waals surface area contributed by atoms with Gasteiger partial charge in [-0.15, -0.1) is 0 Å². The van der Waals surface area contributed by atoms with E-state index in [1.807, 2.05) is 13.8 Å². The van der Waals surface area contributed by atoms with E-state index in [-0.39, 0.29) is 11.6 Å². The van der Waals surface area contributed by atoms with Crippen molar-refractivity contribution in [3.05, 3.63) is 33.3 Å². The number of hydrogen-bond donors (Lipinski definition) is 2. The van der Waals surface area contributed by atoms with Gasteiger partial charge in [-0.2, -0.15) is 5.10 Å². The van der Waals surface area contributed by atoms with E-state index in [2.05, 4.69) is 20.7 Å². The molecule has 2 aromatic heterocycles. The van der Waals surface area contributed by atoms with Gasteiger partial charge in [0.1, 0.15) is 17.6 Å². The molecule has 0 radical (unpaired) electrons. The molecule has 1 aliphatic heterocycles. The zero-order chi connectivity index (χ0) is 15.7.